The molecule has 0 saturated heterocycles. The molecule has 1 amide bonds. The molecule has 2 aromatic carbocycles. The standard InChI is InChI=1S/C21H23FN4O3S/c1-2-6-18(26-30(28,29)14-15-9-11-17(22)12-10-15)21(27)23-20-13-19(24-25-20)16-7-4-3-5-8-16/h3-5,7-13,18,26H,2,6,14H2,1H3,(H2,23,24,25,27). The van der Waals surface area contributed by atoms with E-state index in [0.29, 0.717) is 24.2 Å². The van der Waals surface area contributed by atoms with Gasteiger partial charge in [-0.1, -0.05) is 55.8 Å². The fourth-order valence-corrected chi connectivity index (χ4v) is 4.33. The molecule has 1 unspecified atom stereocenters. The van der Waals surface area contributed by atoms with E-state index in [9.17, 15) is 17.6 Å². The van der Waals surface area contributed by atoms with Gasteiger partial charge in [0.1, 0.15) is 11.9 Å². The largest absolute Gasteiger partial charge is 0.308 e. The molecule has 7 nitrogen and oxygen atoms in total. The summed E-state index contributed by atoms with van der Waals surface area (Å²) in [6.45, 7) is 1.86. The smallest absolute Gasteiger partial charge is 0.243 e. The Hall–Kier alpha value is -3.04. The molecular formula is C21H23FN4O3S. The van der Waals surface area contributed by atoms with Crippen LogP contribution in [0.15, 0.2) is 60.7 Å². The lowest BCUT2D eigenvalue weighted by Crippen LogP contribution is -2.44. The van der Waals surface area contributed by atoms with Crippen molar-refractivity contribution in [1.29, 1.82) is 0 Å². The molecule has 3 rings (SSSR count). The number of rotatable bonds is 9. The number of carbonyl (C=O) groups excluding carboxylic acids is 1. The molecule has 3 aromatic rings. The zero-order chi connectivity index (χ0) is 21.6. The van der Waals surface area contributed by atoms with Gasteiger partial charge >= 0.3 is 0 Å². The van der Waals surface area contributed by atoms with Crippen molar-refractivity contribution < 1.29 is 17.6 Å². The Balaban J connectivity index is 1.67. The van der Waals surface area contributed by atoms with Crippen molar-refractivity contribution in [3.63, 3.8) is 0 Å². The molecule has 1 atom stereocenters. The first kappa shape index (κ1) is 21.7. The Kier molecular flexibility index (Phi) is 6.96. The molecule has 1 aromatic heterocycles. The summed E-state index contributed by atoms with van der Waals surface area (Å²) in [4.78, 5) is 12.7. The second kappa shape index (κ2) is 9.64. The summed E-state index contributed by atoms with van der Waals surface area (Å²) < 4.78 is 40.5. The van der Waals surface area contributed by atoms with E-state index in [-0.39, 0.29) is 5.75 Å². The fourth-order valence-electron chi connectivity index (χ4n) is 2.96. The molecule has 0 aliphatic carbocycles. The Morgan fingerprint density at radius 2 is 1.83 bits per heavy atom. The highest BCUT2D eigenvalue weighted by atomic mass is 32.2. The topological polar surface area (TPSA) is 104 Å². The molecule has 0 spiro atoms. The van der Waals surface area contributed by atoms with Gasteiger partial charge in [0, 0.05) is 6.07 Å². The lowest BCUT2D eigenvalue weighted by Gasteiger charge is -2.17. The van der Waals surface area contributed by atoms with Crippen molar-refractivity contribution in [1.82, 2.24) is 14.9 Å². The number of anilines is 1. The van der Waals surface area contributed by atoms with Crippen LogP contribution in [0, 0.1) is 5.82 Å². The monoisotopic (exact) mass is 430 g/mol. The van der Waals surface area contributed by atoms with E-state index < -0.39 is 27.8 Å². The summed E-state index contributed by atoms with van der Waals surface area (Å²) in [7, 11) is -3.81. The zero-order valence-corrected chi connectivity index (χ0v) is 17.2. The molecule has 0 fully saturated rings. The number of carbonyl (C=O) groups is 1. The summed E-state index contributed by atoms with van der Waals surface area (Å²) in [6.07, 6.45) is 0.928. The van der Waals surface area contributed by atoms with E-state index in [1.54, 1.807) is 6.07 Å². The van der Waals surface area contributed by atoms with Crippen LogP contribution in [0.2, 0.25) is 0 Å². The molecule has 30 heavy (non-hydrogen) atoms. The highest BCUT2D eigenvalue weighted by Gasteiger charge is 2.24. The summed E-state index contributed by atoms with van der Waals surface area (Å²) in [5.41, 5.74) is 2.07. The average Bonchev–Trinajstić information content (AvgIpc) is 3.18. The highest BCUT2D eigenvalue weighted by molar-refractivity contribution is 7.88. The second-order valence-corrected chi connectivity index (χ2v) is 8.62. The van der Waals surface area contributed by atoms with Crippen molar-refractivity contribution in [3.05, 3.63) is 72.0 Å². The average molecular weight is 431 g/mol. The van der Waals surface area contributed by atoms with E-state index in [1.807, 2.05) is 37.3 Å². The van der Waals surface area contributed by atoms with Gasteiger partial charge in [-0.05, 0) is 29.7 Å². The van der Waals surface area contributed by atoms with E-state index >= 15 is 0 Å². The first-order valence-corrected chi connectivity index (χ1v) is 11.2. The van der Waals surface area contributed by atoms with Crippen LogP contribution in [0.25, 0.3) is 11.3 Å². The Morgan fingerprint density at radius 3 is 2.50 bits per heavy atom. The minimum Gasteiger partial charge on any atom is -0.308 e. The number of hydrogen-bond donors (Lipinski definition) is 3. The van der Waals surface area contributed by atoms with E-state index in [2.05, 4.69) is 20.2 Å². The third-order valence-corrected chi connectivity index (χ3v) is 5.76. The Bertz CT molecular complexity index is 1080. The summed E-state index contributed by atoms with van der Waals surface area (Å²) >= 11 is 0. The molecule has 158 valence electrons. The van der Waals surface area contributed by atoms with Gasteiger partial charge in [-0.3, -0.25) is 9.89 Å². The van der Waals surface area contributed by atoms with Crippen LogP contribution in [0.1, 0.15) is 25.3 Å². The van der Waals surface area contributed by atoms with Gasteiger partial charge in [-0.25, -0.2) is 17.5 Å². The zero-order valence-electron chi connectivity index (χ0n) is 16.4. The molecule has 0 radical (unpaired) electrons. The number of aromatic nitrogens is 2. The molecule has 1 heterocycles. The number of aromatic amines is 1. The number of sulfonamides is 1. The molecule has 0 saturated carbocycles. The van der Waals surface area contributed by atoms with Crippen molar-refractivity contribution in [2.75, 3.05) is 5.32 Å². The maximum Gasteiger partial charge on any atom is 0.243 e. The third-order valence-electron chi connectivity index (χ3n) is 4.40. The van der Waals surface area contributed by atoms with Crippen LogP contribution in [0.4, 0.5) is 10.2 Å². The Morgan fingerprint density at radius 1 is 1.13 bits per heavy atom. The predicted molar refractivity (Wildman–Crippen MR) is 114 cm³/mol. The first-order chi connectivity index (χ1) is 14.4. The van der Waals surface area contributed by atoms with Crippen molar-refractivity contribution in [3.8, 4) is 11.3 Å². The Labute approximate surface area is 174 Å². The number of amides is 1. The number of H-pyrrole nitrogens is 1. The van der Waals surface area contributed by atoms with Gasteiger partial charge in [0.2, 0.25) is 15.9 Å². The van der Waals surface area contributed by atoms with Crippen LogP contribution in [-0.2, 0) is 20.6 Å². The number of nitrogens with zero attached hydrogens (tertiary/aromatic N) is 1. The maximum atomic E-state index is 13.0. The van der Waals surface area contributed by atoms with Crippen LogP contribution < -0.4 is 10.0 Å². The van der Waals surface area contributed by atoms with E-state index in [0.717, 1.165) is 11.3 Å². The van der Waals surface area contributed by atoms with Crippen LogP contribution in [0.3, 0.4) is 0 Å². The molecule has 0 aliphatic heterocycles. The van der Waals surface area contributed by atoms with Gasteiger partial charge in [0.25, 0.3) is 0 Å². The van der Waals surface area contributed by atoms with Gasteiger partial charge < -0.3 is 5.32 Å². The second-order valence-electron chi connectivity index (χ2n) is 6.87. The van der Waals surface area contributed by atoms with Gasteiger partial charge in [-0.2, -0.15) is 5.10 Å². The first-order valence-electron chi connectivity index (χ1n) is 9.52. The van der Waals surface area contributed by atoms with Crippen molar-refractivity contribution in [2.45, 2.75) is 31.6 Å². The third kappa shape index (κ3) is 5.98. The molecule has 0 aliphatic rings. The quantitative estimate of drug-likeness (QED) is 0.484. The molecular weight excluding hydrogens is 407 g/mol. The summed E-state index contributed by atoms with van der Waals surface area (Å²) in [5.74, 6) is -0.981. The predicted octanol–water partition coefficient (Wildman–Crippen LogP) is 3.44. The van der Waals surface area contributed by atoms with Crippen LogP contribution in [-0.4, -0.2) is 30.6 Å². The SMILES string of the molecule is CCCC(NS(=O)(=O)Cc1ccc(F)cc1)C(=O)Nc1cc(-c2ccccc2)[nH]n1. The van der Waals surface area contributed by atoms with Crippen molar-refractivity contribution in [2.24, 2.45) is 0 Å². The van der Waals surface area contributed by atoms with Crippen LogP contribution >= 0.6 is 0 Å². The van der Waals surface area contributed by atoms with E-state index in [4.69, 9.17) is 0 Å². The minimum atomic E-state index is -3.81. The number of hydrogen-bond acceptors (Lipinski definition) is 4. The minimum absolute atomic E-state index is 0.303. The highest BCUT2D eigenvalue weighted by Crippen LogP contribution is 2.19. The summed E-state index contributed by atoms with van der Waals surface area (Å²) in [5, 5.41) is 9.58. The number of nitrogens with one attached hydrogen (secondary N) is 3. The van der Waals surface area contributed by atoms with Crippen LogP contribution in [0.5, 0.6) is 0 Å². The fraction of sp³-hybridized carbons (Fsp3) is 0.238. The number of benzene rings is 2. The number of halogens is 1. The normalized spacial score (nSPS) is 12.5. The van der Waals surface area contributed by atoms with Gasteiger partial charge in [0.05, 0.1) is 11.4 Å². The molecule has 9 heteroatoms. The lowest BCUT2D eigenvalue weighted by atomic mass is 10.1. The van der Waals surface area contributed by atoms with Gasteiger partial charge in [0.15, 0.2) is 5.82 Å². The van der Waals surface area contributed by atoms with Gasteiger partial charge in [-0.15, -0.1) is 0 Å². The van der Waals surface area contributed by atoms with Crippen molar-refractivity contribution >= 4 is 21.7 Å². The molecule has 3 N–H and O–H groups in total. The maximum absolute atomic E-state index is 13.0. The van der Waals surface area contributed by atoms with E-state index in [1.165, 1.54) is 24.3 Å². The lowest BCUT2D eigenvalue weighted by molar-refractivity contribution is -0.117. The molecule has 0 bridgehead atoms. The summed E-state index contributed by atoms with van der Waals surface area (Å²) in [6, 6.07) is 15.4.